The van der Waals surface area contributed by atoms with Crippen LogP contribution in [0.1, 0.15) is 6.42 Å². The highest BCUT2D eigenvalue weighted by atomic mass is 79.9. The van der Waals surface area contributed by atoms with Crippen LogP contribution in [0, 0.1) is 0 Å². The normalized spacial score (nSPS) is 10.1. The van der Waals surface area contributed by atoms with Crippen LogP contribution in [0.5, 0.6) is 5.75 Å². The van der Waals surface area contributed by atoms with Crippen LogP contribution in [-0.4, -0.2) is 29.2 Å². The van der Waals surface area contributed by atoms with E-state index in [0.717, 1.165) is 16.0 Å². The minimum absolute atomic E-state index is 0.211. The summed E-state index contributed by atoms with van der Waals surface area (Å²) in [7, 11) is 0. The summed E-state index contributed by atoms with van der Waals surface area (Å²) in [5.74, 6) is 1.53. The second-order valence-corrected chi connectivity index (χ2v) is 5.20. The number of carbonyl (C=O) groups is 1. The zero-order valence-electron chi connectivity index (χ0n) is 8.69. The molecule has 16 heavy (non-hydrogen) atoms. The maximum Gasteiger partial charge on any atom is 0.304 e. The zero-order chi connectivity index (χ0) is 11.8. The number of aliphatic carboxylic acids is 1. The first-order valence-corrected chi connectivity index (χ1v) is 6.81. The van der Waals surface area contributed by atoms with Crippen molar-refractivity contribution in [2.45, 2.75) is 6.42 Å². The van der Waals surface area contributed by atoms with Gasteiger partial charge in [-0.15, -0.1) is 0 Å². The molecule has 5 heteroatoms. The number of benzene rings is 1. The van der Waals surface area contributed by atoms with Gasteiger partial charge in [0.15, 0.2) is 0 Å². The summed E-state index contributed by atoms with van der Waals surface area (Å²) in [5, 5.41) is 8.42. The number of rotatable bonds is 7. The molecule has 1 rings (SSSR count). The fourth-order valence-corrected chi connectivity index (χ4v) is 2.00. The second-order valence-electron chi connectivity index (χ2n) is 3.06. The fourth-order valence-electron chi connectivity index (χ4n) is 1.01. The van der Waals surface area contributed by atoms with Crippen LogP contribution >= 0.6 is 27.7 Å². The number of ether oxygens (including phenoxy) is 1. The average Bonchev–Trinajstić information content (AvgIpc) is 2.25. The Morgan fingerprint density at radius 3 is 2.62 bits per heavy atom. The summed E-state index contributed by atoms with van der Waals surface area (Å²) in [6.45, 7) is 0.603. The van der Waals surface area contributed by atoms with E-state index in [-0.39, 0.29) is 6.42 Å². The molecule has 1 aromatic carbocycles. The van der Waals surface area contributed by atoms with E-state index in [1.165, 1.54) is 0 Å². The highest BCUT2D eigenvalue weighted by molar-refractivity contribution is 9.10. The summed E-state index contributed by atoms with van der Waals surface area (Å²) < 4.78 is 6.50. The fraction of sp³-hybridized carbons (Fsp3) is 0.364. The van der Waals surface area contributed by atoms with E-state index in [4.69, 9.17) is 9.84 Å². The molecule has 0 heterocycles. The Kier molecular flexibility index (Phi) is 6.33. The molecule has 88 valence electrons. The Hall–Kier alpha value is -0.680. The van der Waals surface area contributed by atoms with Gasteiger partial charge in [0.2, 0.25) is 0 Å². The van der Waals surface area contributed by atoms with Gasteiger partial charge in [0.05, 0.1) is 13.0 Å². The van der Waals surface area contributed by atoms with Crippen LogP contribution in [-0.2, 0) is 4.79 Å². The van der Waals surface area contributed by atoms with E-state index in [1.807, 2.05) is 24.3 Å². The molecule has 0 atom stereocenters. The first-order valence-electron chi connectivity index (χ1n) is 4.86. The Morgan fingerprint density at radius 1 is 1.31 bits per heavy atom. The van der Waals surface area contributed by atoms with Crippen LogP contribution in [0.4, 0.5) is 0 Å². The summed E-state index contributed by atoms with van der Waals surface area (Å²) in [4.78, 5) is 10.2. The summed E-state index contributed by atoms with van der Waals surface area (Å²) in [6.07, 6.45) is 0.211. The lowest BCUT2D eigenvalue weighted by Gasteiger charge is -2.05. The average molecular weight is 305 g/mol. The molecule has 0 saturated carbocycles. The number of carboxylic acids is 1. The molecule has 0 fully saturated rings. The third kappa shape index (κ3) is 6.02. The molecule has 0 amide bonds. The van der Waals surface area contributed by atoms with Crippen molar-refractivity contribution in [3.63, 3.8) is 0 Å². The maximum absolute atomic E-state index is 10.2. The van der Waals surface area contributed by atoms with Crippen LogP contribution < -0.4 is 4.74 Å². The Balaban J connectivity index is 2.07. The van der Waals surface area contributed by atoms with Crippen LogP contribution in [0.2, 0.25) is 0 Å². The Bertz CT molecular complexity index is 327. The molecule has 1 aromatic rings. The van der Waals surface area contributed by atoms with Gasteiger partial charge in [-0.05, 0) is 24.3 Å². The molecule has 0 aliphatic rings. The minimum atomic E-state index is -0.749. The lowest BCUT2D eigenvalue weighted by molar-refractivity contribution is -0.136. The number of hydrogen-bond donors (Lipinski definition) is 1. The molecule has 0 aromatic heterocycles. The van der Waals surface area contributed by atoms with Crippen molar-refractivity contribution < 1.29 is 14.6 Å². The molecular weight excluding hydrogens is 292 g/mol. The third-order valence-electron chi connectivity index (χ3n) is 1.77. The largest absolute Gasteiger partial charge is 0.493 e. The highest BCUT2D eigenvalue weighted by Crippen LogP contribution is 2.16. The van der Waals surface area contributed by atoms with Gasteiger partial charge in [-0.3, -0.25) is 4.79 Å². The minimum Gasteiger partial charge on any atom is -0.493 e. The first kappa shape index (κ1) is 13.4. The van der Waals surface area contributed by atoms with Crippen LogP contribution in [0.3, 0.4) is 0 Å². The second kappa shape index (κ2) is 7.57. The molecule has 0 saturated heterocycles. The standard InChI is InChI=1S/C11H13BrO3S/c12-9-1-3-10(4-2-9)15-6-8-16-7-5-11(13)14/h1-4H,5-8H2,(H,13,14). The third-order valence-corrected chi connectivity index (χ3v) is 3.25. The molecule has 0 spiro atoms. The predicted octanol–water partition coefficient (Wildman–Crippen LogP) is 3.04. The van der Waals surface area contributed by atoms with Crippen molar-refractivity contribution in [1.29, 1.82) is 0 Å². The molecular formula is C11H13BrO3S. The molecule has 0 radical (unpaired) electrons. The molecule has 0 bridgehead atoms. The van der Waals surface area contributed by atoms with E-state index < -0.39 is 5.97 Å². The molecule has 1 N–H and O–H groups in total. The van der Waals surface area contributed by atoms with Gasteiger partial charge >= 0.3 is 5.97 Å². The quantitative estimate of drug-likeness (QED) is 0.787. The van der Waals surface area contributed by atoms with Gasteiger partial charge in [-0.25, -0.2) is 0 Å². The van der Waals surface area contributed by atoms with Crippen molar-refractivity contribution in [3.05, 3.63) is 28.7 Å². The predicted molar refractivity (Wildman–Crippen MR) is 69.2 cm³/mol. The SMILES string of the molecule is O=C(O)CCSCCOc1ccc(Br)cc1. The van der Waals surface area contributed by atoms with Gasteiger partial charge in [-0.2, -0.15) is 11.8 Å². The van der Waals surface area contributed by atoms with E-state index in [0.29, 0.717) is 12.4 Å². The van der Waals surface area contributed by atoms with Crippen molar-refractivity contribution in [2.24, 2.45) is 0 Å². The van der Waals surface area contributed by atoms with Crippen molar-refractivity contribution in [2.75, 3.05) is 18.1 Å². The maximum atomic E-state index is 10.2. The molecule has 3 nitrogen and oxygen atoms in total. The van der Waals surface area contributed by atoms with Crippen LogP contribution in [0.25, 0.3) is 0 Å². The molecule has 0 unspecified atom stereocenters. The van der Waals surface area contributed by atoms with E-state index in [2.05, 4.69) is 15.9 Å². The molecule has 0 aliphatic carbocycles. The topological polar surface area (TPSA) is 46.5 Å². The Morgan fingerprint density at radius 2 is 2.00 bits per heavy atom. The van der Waals surface area contributed by atoms with Gasteiger partial charge in [0, 0.05) is 16.0 Å². The van der Waals surface area contributed by atoms with E-state index in [9.17, 15) is 4.79 Å². The van der Waals surface area contributed by atoms with Gasteiger partial charge in [-0.1, -0.05) is 15.9 Å². The summed E-state index contributed by atoms with van der Waals surface area (Å²) >= 11 is 4.93. The number of hydrogen-bond acceptors (Lipinski definition) is 3. The summed E-state index contributed by atoms with van der Waals surface area (Å²) in [5.41, 5.74) is 0. The van der Waals surface area contributed by atoms with Crippen molar-refractivity contribution in [3.8, 4) is 5.75 Å². The van der Waals surface area contributed by atoms with Gasteiger partial charge in [0.1, 0.15) is 5.75 Å². The smallest absolute Gasteiger partial charge is 0.304 e. The van der Waals surface area contributed by atoms with E-state index in [1.54, 1.807) is 11.8 Å². The number of halogens is 1. The monoisotopic (exact) mass is 304 g/mol. The highest BCUT2D eigenvalue weighted by Gasteiger charge is 1.97. The van der Waals surface area contributed by atoms with Crippen LogP contribution in [0.15, 0.2) is 28.7 Å². The van der Waals surface area contributed by atoms with Gasteiger partial charge in [0.25, 0.3) is 0 Å². The van der Waals surface area contributed by atoms with Gasteiger partial charge < -0.3 is 9.84 Å². The number of thioether (sulfide) groups is 1. The lowest BCUT2D eigenvalue weighted by Crippen LogP contribution is -2.02. The number of carboxylic acid groups (broad SMARTS) is 1. The lowest BCUT2D eigenvalue weighted by atomic mass is 10.3. The Labute approximate surface area is 107 Å². The van der Waals surface area contributed by atoms with Crippen molar-refractivity contribution in [1.82, 2.24) is 0 Å². The van der Waals surface area contributed by atoms with E-state index >= 15 is 0 Å². The first-order chi connectivity index (χ1) is 7.68. The summed E-state index contributed by atoms with van der Waals surface area (Å²) in [6, 6.07) is 7.64. The molecule has 0 aliphatic heterocycles. The zero-order valence-corrected chi connectivity index (χ0v) is 11.1. The van der Waals surface area contributed by atoms with Crippen molar-refractivity contribution >= 4 is 33.7 Å².